The van der Waals surface area contributed by atoms with Crippen LogP contribution in [0.25, 0.3) is 0 Å². The molecule has 0 spiro atoms. The summed E-state index contributed by atoms with van der Waals surface area (Å²) in [5.41, 5.74) is 8.42. The summed E-state index contributed by atoms with van der Waals surface area (Å²) in [5, 5.41) is 2.90. The monoisotopic (exact) mass is 284 g/mol. The van der Waals surface area contributed by atoms with Gasteiger partial charge in [0.2, 0.25) is 0 Å². The Morgan fingerprint density at radius 2 is 1.67 bits per heavy atom. The van der Waals surface area contributed by atoms with Gasteiger partial charge in [-0.3, -0.25) is 4.79 Å². The summed E-state index contributed by atoms with van der Waals surface area (Å²) in [6, 6.07) is 15.2. The molecule has 0 saturated heterocycles. The van der Waals surface area contributed by atoms with Crippen molar-refractivity contribution >= 4 is 5.91 Å². The average molecular weight is 284 g/mol. The Kier molecular flexibility index (Phi) is 5.35. The minimum Gasteiger partial charge on any atom is -0.497 e. The summed E-state index contributed by atoms with van der Waals surface area (Å²) < 4.78 is 5.07. The zero-order valence-corrected chi connectivity index (χ0v) is 12.1. The third-order valence-electron chi connectivity index (χ3n) is 3.26. The van der Waals surface area contributed by atoms with Gasteiger partial charge in [-0.2, -0.15) is 0 Å². The number of carbonyl (C=O) groups excluding carboxylic acids is 1. The summed E-state index contributed by atoms with van der Waals surface area (Å²) in [4.78, 5) is 12.0. The lowest BCUT2D eigenvalue weighted by molar-refractivity contribution is 0.0951. The first kappa shape index (κ1) is 15.1. The van der Waals surface area contributed by atoms with Crippen molar-refractivity contribution in [2.75, 3.05) is 13.7 Å². The fraction of sp³-hybridized carbons (Fsp3) is 0.235. The van der Waals surface area contributed by atoms with Crippen LogP contribution in [0.1, 0.15) is 21.5 Å². The molecule has 0 atom stereocenters. The first-order valence-corrected chi connectivity index (χ1v) is 6.93. The van der Waals surface area contributed by atoms with E-state index < -0.39 is 0 Å². The van der Waals surface area contributed by atoms with E-state index in [1.165, 1.54) is 5.56 Å². The highest BCUT2D eigenvalue weighted by Crippen LogP contribution is 2.11. The van der Waals surface area contributed by atoms with Crippen LogP contribution in [-0.4, -0.2) is 19.6 Å². The van der Waals surface area contributed by atoms with Crippen LogP contribution in [-0.2, 0) is 13.0 Å². The lowest BCUT2D eigenvalue weighted by Crippen LogP contribution is -2.22. The molecule has 1 amide bonds. The molecule has 4 heteroatoms. The highest BCUT2D eigenvalue weighted by molar-refractivity contribution is 5.94. The van der Waals surface area contributed by atoms with Gasteiger partial charge in [0.1, 0.15) is 5.75 Å². The van der Waals surface area contributed by atoms with Crippen LogP contribution in [0.15, 0.2) is 48.5 Å². The molecule has 0 radical (unpaired) electrons. The number of nitrogens with one attached hydrogen (secondary N) is 1. The molecule has 2 rings (SSSR count). The van der Waals surface area contributed by atoms with Crippen molar-refractivity contribution in [3.05, 3.63) is 65.2 Å². The maximum Gasteiger partial charge on any atom is 0.251 e. The number of nitrogens with two attached hydrogens (primary N) is 1. The minimum absolute atomic E-state index is 0.0938. The third kappa shape index (κ3) is 4.33. The smallest absolute Gasteiger partial charge is 0.251 e. The van der Waals surface area contributed by atoms with Crippen LogP contribution < -0.4 is 15.8 Å². The maximum atomic E-state index is 12.0. The van der Waals surface area contributed by atoms with Crippen LogP contribution in [0.4, 0.5) is 0 Å². The fourth-order valence-corrected chi connectivity index (χ4v) is 2.02. The van der Waals surface area contributed by atoms with Crippen molar-refractivity contribution < 1.29 is 9.53 Å². The van der Waals surface area contributed by atoms with Crippen molar-refractivity contribution in [2.24, 2.45) is 5.73 Å². The van der Waals surface area contributed by atoms with Gasteiger partial charge in [0, 0.05) is 12.1 Å². The molecule has 0 saturated carbocycles. The number of hydrogen-bond acceptors (Lipinski definition) is 3. The standard InChI is InChI=1S/C17H20N2O2/c1-21-16-8-6-15(7-9-16)17(20)19-12-14-4-2-13(3-5-14)10-11-18/h2-9H,10-12,18H2,1H3,(H,19,20). The Morgan fingerprint density at radius 3 is 2.24 bits per heavy atom. The highest BCUT2D eigenvalue weighted by atomic mass is 16.5. The Balaban J connectivity index is 1.90. The SMILES string of the molecule is COc1ccc(C(=O)NCc2ccc(CCN)cc2)cc1. The molecule has 0 aromatic heterocycles. The van der Waals surface area contributed by atoms with Gasteiger partial charge in [0.05, 0.1) is 7.11 Å². The topological polar surface area (TPSA) is 64.3 Å². The molecule has 4 nitrogen and oxygen atoms in total. The molecular formula is C17H20N2O2. The van der Waals surface area contributed by atoms with Crippen LogP contribution in [0.2, 0.25) is 0 Å². The maximum absolute atomic E-state index is 12.0. The second kappa shape index (κ2) is 7.45. The molecule has 2 aromatic rings. The second-order valence-corrected chi connectivity index (χ2v) is 4.77. The zero-order valence-electron chi connectivity index (χ0n) is 12.1. The number of methoxy groups -OCH3 is 1. The number of carbonyl (C=O) groups is 1. The number of amides is 1. The van der Waals surface area contributed by atoms with Crippen molar-refractivity contribution in [3.8, 4) is 5.75 Å². The van der Waals surface area contributed by atoms with Crippen LogP contribution in [0, 0.1) is 0 Å². The lowest BCUT2D eigenvalue weighted by atomic mass is 10.1. The molecule has 0 aliphatic rings. The molecule has 21 heavy (non-hydrogen) atoms. The van der Waals surface area contributed by atoms with Crippen molar-refractivity contribution in [3.63, 3.8) is 0 Å². The van der Waals surface area contributed by atoms with E-state index >= 15 is 0 Å². The molecule has 0 heterocycles. The number of hydrogen-bond donors (Lipinski definition) is 2. The van der Waals surface area contributed by atoms with Gasteiger partial charge in [0.25, 0.3) is 5.91 Å². The van der Waals surface area contributed by atoms with E-state index in [1.807, 2.05) is 24.3 Å². The molecule has 0 aliphatic heterocycles. The molecular weight excluding hydrogens is 264 g/mol. The van der Waals surface area contributed by atoms with Crippen molar-refractivity contribution in [2.45, 2.75) is 13.0 Å². The molecule has 0 aliphatic carbocycles. The summed E-state index contributed by atoms with van der Waals surface area (Å²) in [6.45, 7) is 1.15. The van der Waals surface area contributed by atoms with E-state index in [-0.39, 0.29) is 5.91 Å². The molecule has 110 valence electrons. The van der Waals surface area contributed by atoms with Crippen LogP contribution in [0.5, 0.6) is 5.75 Å². The van der Waals surface area contributed by atoms with Gasteiger partial charge in [-0.15, -0.1) is 0 Å². The van der Waals surface area contributed by atoms with Crippen LogP contribution >= 0.6 is 0 Å². The molecule has 0 fully saturated rings. The Morgan fingerprint density at radius 1 is 1.05 bits per heavy atom. The summed E-state index contributed by atoms with van der Waals surface area (Å²) >= 11 is 0. The quantitative estimate of drug-likeness (QED) is 0.854. The highest BCUT2D eigenvalue weighted by Gasteiger charge is 2.05. The van der Waals surface area contributed by atoms with Gasteiger partial charge in [-0.1, -0.05) is 24.3 Å². The van der Waals surface area contributed by atoms with Gasteiger partial charge < -0.3 is 15.8 Å². The van der Waals surface area contributed by atoms with E-state index in [1.54, 1.807) is 31.4 Å². The number of ether oxygens (including phenoxy) is 1. The Bertz CT molecular complexity index is 577. The number of benzene rings is 2. The summed E-state index contributed by atoms with van der Waals surface area (Å²) in [5.74, 6) is 0.644. The zero-order chi connectivity index (χ0) is 15.1. The van der Waals surface area contributed by atoms with Gasteiger partial charge >= 0.3 is 0 Å². The average Bonchev–Trinajstić information content (AvgIpc) is 2.54. The van der Waals surface area contributed by atoms with Crippen LogP contribution in [0.3, 0.4) is 0 Å². The lowest BCUT2D eigenvalue weighted by Gasteiger charge is -2.07. The molecule has 0 unspecified atom stereocenters. The van der Waals surface area contributed by atoms with E-state index in [9.17, 15) is 4.79 Å². The first-order chi connectivity index (χ1) is 10.2. The molecule has 0 bridgehead atoms. The normalized spacial score (nSPS) is 10.2. The largest absolute Gasteiger partial charge is 0.497 e. The van der Waals surface area contributed by atoms with E-state index in [2.05, 4.69) is 5.32 Å². The predicted molar refractivity (Wildman–Crippen MR) is 83.4 cm³/mol. The Labute approximate surface area is 124 Å². The first-order valence-electron chi connectivity index (χ1n) is 6.93. The molecule has 2 aromatic carbocycles. The number of rotatable bonds is 6. The van der Waals surface area contributed by atoms with Gasteiger partial charge in [-0.05, 0) is 48.4 Å². The summed E-state index contributed by atoms with van der Waals surface area (Å²) in [6.07, 6.45) is 0.873. The Hall–Kier alpha value is -2.33. The predicted octanol–water partition coefficient (Wildman–Crippen LogP) is 2.13. The van der Waals surface area contributed by atoms with E-state index in [0.29, 0.717) is 18.7 Å². The van der Waals surface area contributed by atoms with E-state index in [4.69, 9.17) is 10.5 Å². The summed E-state index contributed by atoms with van der Waals surface area (Å²) in [7, 11) is 1.60. The third-order valence-corrected chi connectivity index (χ3v) is 3.26. The second-order valence-electron chi connectivity index (χ2n) is 4.77. The van der Waals surface area contributed by atoms with Crippen molar-refractivity contribution in [1.29, 1.82) is 0 Å². The van der Waals surface area contributed by atoms with Gasteiger partial charge in [0.15, 0.2) is 0 Å². The van der Waals surface area contributed by atoms with Gasteiger partial charge in [-0.25, -0.2) is 0 Å². The van der Waals surface area contributed by atoms with Crippen molar-refractivity contribution in [1.82, 2.24) is 5.32 Å². The molecule has 3 N–H and O–H groups in total. The fourth-order valence-electron chi connectivity index (χ4n) is 2.02. The van der Waals surface area contributed by atoms with E-state index in [0.717, 1.165) is 17.7 Å². The minimum atomic E-state index is -0.0938.